The molecule has 0 aromatic rings. The molecule has 19 heavy (non-hydrogen) atoms. The van der Waals surface area contributed by atoms with E-state index in [0.29, 0.717) is 0 Å². The third-order valence-corrected chi connectivity index (χ3v) is 4.07. The number of nitrogens with one attached hydrogen (secondary N) is 1. The minimum Gasteiger partial charge on any atom is -0.315 e. The molecule has 3 nitrogen and oxygen atoms in total. The summed E-state index contributed by atoms with van der Waals surface area (Å²) in [5, 5.41) is 3.58. The molecule has 1 aliphatic heterocycles. The molecule has 1 fully saturated rings. The van der Waals surface area contributed by atoms with Crippen molar-refractivity contribution in [3.8, 4) is 0 Å². The average molecular weight is 269 g/mol. The Balaban J connectivity index is 1.95. The summed E-state index contributed by atoms with van der Waals surface area (Å²) in [5.74, 6) is 1.77. The summed E-state index contributed by atoms with van der Waals surface area (Å²) in [4.78, 5) is 4.96. The van der Waals surface area contributed by atoms with Crippen LogP contribution in [-0.2, 0) is 0 Å². The van der Waals surface area contributed by atoms with E-state index in [4.69, 9.17) is 0 Å². The first-order chi connectivity index (χ1) is 9.08. The van der Waals surface area contributed by atoms with Gasteiger partial charge in [0.05, 0.1) is 0 Å². The summed E-state index contributed by atoms with van der Waals surface area (Å²) >= 11 is 0. The van der Waals surface area contributed by atoms with Crippen molar-refractivity contribution in [2.45, 2.75) is 39.5 Å². The van der Waals surface area contributed by atoms with Crippen molar-refractivity contribution in [1.82, 2.24) is 15.1 Å². The summed E-state index contributed by atoms with van der Waals surface area (Å²) in [6, 6.07) is 0. The van der Waals surface area contributed by atoms with Gasteiger partial charge in [0.2, 0.25) is 0 Å². The second kappa shape index (κ2) is 9.73. The minimum atomic E-state index is 0.845. The molecule has 0 bridgehead atoms. The molecule has 0 aliphatic carbocycles. The maximum atomic E-state index is 3.58. The smallest absolute Gasteiger partial charge is 0.0107 e. The van der Waals surface area contributed by atoms with Gasteiger partial charge in [-0.25, -0.2) is 0 Å². The van der Waals surface area contributed by atoms with Crippen LogP contribution in [-0.4, -0.2) is 63.2 Å². The maximum Gasteiger partial charge on any atom is 0.0107 e. The number of hydrogen-bond donors (Lipinski definition) is 1. The van der Waals surface area contributed by atoms with Crippen LogP contribution in [0.1, 0.15) is 39.5 Å². The fourth-order valence-corrected chi connectivity index (χ4v) is 2.91. The Labute approximate surface area is 120 Å². The molecule has 0 unspecified atom stereocenters. The fourth-order valence-electron chi connectivity index (χ4n) is 2.91. The SMILES string of the molecule is CC(C)CCCNCCN1CCC(CN(C)C)CC1. The van der Waals surface area contributed by atoms with Crippen LogP contribution in [0.15, 0.2) is 0 Å². The van der Waals surface area contributed by atoms with E-state index in [9.17, 15) is 0 Å². The highest BCUT2D eigenvalue weighted by Gasteiger charge is 2.18. The number of likely N-dealkylation sites (tertiary alicyclic amines) is 1. The van der Waals surface area contributed by atoms with Crippen LogP contribution in [0, 0.1) is 11.8 Å². The van der Waals surface area contributed by atoms with E-state index >= 15 is 0 Å². The van der Waals surface area contributed by atoms with Gasteiger partial charge in [0.25, 0.3) is 0 Å². The van der Waals surface area contributed by atoms with E-state index < -0.39 is 0 Å². The molecule has 0 aromatic heterocycles. The van der Waals surface area contributed by atoms with Crippen LogP contribution in [0.25, 0.3) is 0 Å². The van der Waals surface area contributed by atoms with Crippen molar-refractivity contribution in [1.29, 1.82) is 0 Å². The second-order valence-corrected chi connectivity index (χ2v) is 6.83. The standard InChI is InChI=1S/C16H35N3/c1-15(2)6-5-9-17-10-13-19-11-7-16(8-12-19)14-18(3)4/h15-17H,5-14H2,1-4H3. The van der Waals surface area contributed by atoms with Crippen LogP contribution in [0.2, 0.25) is 0 Å². The van der Waals surface area contributed by atoms with Crippen molar-refractivity contribution in [3.05, 3.63) is 0 Å². The Hall–Kier alpha value is -0.120. The van der Waals surface area contributed by atoms with Crippen LogP contribution in [0.4, 0.5) is 0 Å². The molecule has 1 heterocycles. The van der Waals surface area contributed by atoms with Gasteiger partial charge in [-0.1, -0.05) is 13.8 Å². The predicted molar refractivity (Wildman–Crippen MR) is 84.7 cm³/mol. The van der Waals surface area contributed by atoms with Gasteiger partial charge in [-0.05, 0) is 71.2 Å². The highest BCUT2D eigenvalue weighted by Crippen LogP contribution is 2.17. The Kier molecular flexibility index (Phi) is 8.67. The summed E-state index contributed by atoms with van der Waals surface area (Å²) < 4.78 is 0. The Morgan fingerprint density at radius 3 is 2.42 bits per heavy atom. The van der Waals surface area contributed by atoms with E-state index in [1.54, 1.807) is 0 Å². The molecule has 114 valence electrons. The molecule has 0 saturated carbocycles. The summed E-state index contributed by atoms with van der Waals surface area (Å²) in [6.45, 7) is 12.1. The summed E-state index contributed by atoms with van der Waals surface area (Å²) in [6.07, 6.45) is 5.43. The van der Waals surface area contributed by atoms with Gasteiger partial charge in [0.15, 0.2) is 0 Å². The lowest BCUT2D eigenvalue weighted by Crippen LogP contribution is -2.40. The minimum absolute atomic E-state index is 0.845. The first kappa shape index (κ1) is 16.9. The van der Waals surface area contributed by atoms with Crippen LogP contribution in [0.5, 0.6) is 0 Å². The van der Waals surface area contributed by atoms with Gasteiger partial charge in [-0.15, -0.1) is 0 Å². The summed E-state index contributed by atoms with van der Waals surface area (Å²) in [7, 11) is 4.38. The summed E-state index contributed by atoms with van der Waals surface area (Å²) in [5.41, 5.74) is 0. The molecule has 1 saturated heterocycles. The highest BCUT2D eigenvalue weighted by molar-refractivity contribution is 4.74. The lowest BCUT2D eigenvalue weighted by Gasteiger charge is -2.33. The van der Waals surface area contributed by atoms with Gasteiger partial charge in [-0.2, -0.15) is 0 Å². The molecule has 0 spiro atoms. The van der Waals surface area contributed by atoms with E-state index in [2.05, 4.69) is 43.1 Å². The molecular weight excluding hydrogens is 234 g/mol. The molecule has 1 rings (SSSR count). The average Bonchev–Trinajstić information content (AvgIpc) is 2.34. The van der Waals surface area contributed by atoms with Crippen LogP contribution in [0.3, 0.4) is 0 Å². The number of hydrogen-bond acceptors (Lipinski definition) is 3. The molecule has 0 radical (unpaired) electrons. The molecular formula is C16H35N3. The Morgan fingerprint density at radius 1 is 1.16 bits per heavy atom. The molecule has 1 aliphatic rings. The number of rotatable bonds is 9. The van der Waals surface area contributed by atoms with Crippen LogP contribution < -0.4 is 5.32 Å². The second-order valence-electron chi connectivity index (χ2n) is 6.83. The third kappa shape index (κ3) is 8.61. The van der Waals surface area contributed by atoms with E-state index in [-0.39, 0.29) is 0 Å². The van der Waals surface area contributed by atoms with Gasteiger partial charge in [-0.3, -0.25) is 0 Å². The number of nitrogens with zero attached hydrogens (tertiary/aromatic N) is 2. The van der Waals surface area contributed by atoms with E-state index in [0.717, 1.165) is 18.4 Å². The van der Waals surface area contributed by atoms with Crippen LogP contribution >= 0.6 is 0 Å². The van der Waals surface area contributed by atoms with Crippen molar-refractivity contribution in [3.63, 3.8) is 0 Å². The van der Waals surface area contributed by atoms with Crippen molar-refractivity contribution < 1.29 is 0 Å². The fraction of sp³-hybridized carbons (Fsp3) is 1.00. The van der Waals surface area contributed by atoms with Gasteiger partial charge >= 0.3 is 0 Å². The molecule has 0 amide bonds. The monoisotopic (exact) mass is 269 g/mol. The van der Waals surface area contributed by atoms with Gasteiger partial charge in [0.1, 0.15) is 0 Å². The van der Waals surface area contributed by atoms with Crippen molar-refractivity contribution in [2.75, 3.05) is 53.4 Å². The van der Waals surface area contributed by atoms with Gasteiger partial charge < -0.3 is 15.1 Å². The topological polar surface area (TPSA) is 18.5 Å². The molecule has 1 N–H and O–H groups in total. The third-order valence-electron chi connectivity index (χ3n) is 4.07. The zero-order chi connectivity index (χ0) is 14.1. The zero-order valence-corrected chi connectivity index (χ0v) is 13.6. The Morgan fingerprint density at radius 2 is 1.84 bits per heavy atom. The van der Waals surface area contributed by atoms with E-state index in [1.807, 2.05) is 0 Å². The maximum absolute atomic E-state index is 3.58. The quantitative estimate of drug-likeness (QED) is 0.648. The Bertz CT molecular complexity index is 208. The highest BCUT2D eigenvalue weighted by atomic mass is 15.1. The largest absolute Gasteiger partial charge is 0.315 e. The zero-order valence-electron chi connectivity index (χ0n) is 13.6. The lowest BCUT2D eigenvalue weighted by atomic mass is 9.96. The first-order valence-corrected chi connectivity index (χ1v) is 8.15. The first-order valence-electron chi connectivity index (χ1n) is 8.15. The molecule has 0 atom stereocenters. The predicted octanol–water partition coefficient (Wildman–Crippen LogP) is 2.29. The van der Waals surface area contributed by atoms with Gasteiger partial charge in [0, 0.05) is 19.6 Å². The lowest BCUT2D eigenvalue weighted by molar-refractivity contribution is 0.163. The molecule has 3 heteroatoms. The normalized spacial score (nSPS) is 18.6. The van der Waals surface area contributed by atoms with Crippen molar-refractivity contribution in [2.24, 2.45) is 11.8 Å². The molecule has 0 aromatic carbocycles. The number of piperidine rings is 1. The van der Waals surface area contributed by atoms with Crippen molar-refractivity contribution >= 4 is 0 Å². The van der Waals surface area contributed by atoms with E-state index in [1.165, 1.54) is 58.4 Å².